The number of nitrogens with zero attached hydrogens (tertiary/aromatic N) is 5. The zero-order chi connectivity index (χ0) is 53.2. The van der Waals surface area contributed by atoms with Gasteiger partial charge in [-0.25, -0.2) is 9.78 Å². The van der Waals surface area contributed by atoms with Gasteiger partial charge in [-0.2, -0.15) is 0 Å². The van der Waals surface area contributed by atoms with Gasteiger partial charge in [0.15, 0.2) is 17.7 Å². The molecule has 13 atom stereocenters. The number of carbonyl (C=O) groups is 4. The molecule has 5 rings (SSSR count). The van der Waals surface area contributed by atoms with Crippen LogP contribution >= 0.6 is 0 Å². The van der Waals surface area contributed by atoms with Crippen LogP contribution in [0.4, 0.5) is 4.79 Å². The second kappa shape index (κ2) is 20.0. The first-order valence-corrected chi connectivity index (χ1v) is 21.5. The van der Waals surface area contributed by atoms with Crippen LogP contribution in [0, 0.1) is 44.4 Å². The molecule has 2 aromatic heterocycles. The van der Waals surface area contributed by atoms with E-state index in [2.05, 4.69) is 9.97 Å². The van der Waals surface area contributed by atoms with E-state index < -0.39 is 115 Å². The number of ether oxygens (including phenoxy) is 6. The number of aryl methyl sites for hydroxylation is 3. The van der Waals surface area contributed by atoms with Crippen LogP contribution < -0.4 is 0 Å². The number of esters is 1. The lowest BCUT2D eigenvalue weighted by Gasteiger charge is -2.48. The summed E-state index contributed by atoms with van der Waals surface area (Å²) in [6.07, 6.45) is -11.1. The minimum Gasteiger partial charge on any atom is -0.458 e. The minimum atomic E-state index is -3.95. The summed E-state index contributed by atoms with van der Waals surface area (Å²) in [6.45, 7) is 10.2. The van der Waals surface area contributed by atoms with Crippen LogP contribution in [0.15, 0.2) is 18.6 Å². The summed E-state index contributed by atoms with van der Waals surface area (Å²) in [7, 11) is 6.71. The van der Waals surface area contributed by atoms with Crippen molar-refractivity contribution in [3.63, 3.8) is 0 Å². The molecule has 15 nitrogen and oxygen atoms in total. The number of aromatic nitrogens is 3. The van der Waals surface area contributed by atoms with Gasteiger partial charge in [0, 0.05) is 85.1 Å². The summed E-state index contributed by atoms with van der Waals surface area (Å²) < 4.78 is 112. The number of hydrogen-bond donors (Lipinski definition) is 0. The highest BCUT2D eigenvalue weighted by molar-refractivity contribution is 6.00. The summed E-state index contributed by atoms with van der Waals surface area (Å²) in [5.41, 5.74) is -1.30. The van der Waals surface area contributed by atoms with Gasteiger partial charge in [-0.3, -0.25) is 19.4 Å². The Labute approximate surface area is 380 Å². The quantitative estimate of drug-likeness (QED) is 0.168. The van der Waals surface area contributed by atoms with Gasteiger partial charge < -0.3 is 42.8 Å². The largest absolute Gasteiger partial charge is 0.458 e. The predicted molar refractivity (Wildman–Crippen MR) is 233 cm³/mol. The first-order valence-electron chi connectivity index (χ1n) is 25.5. The molecule has 0 aliphatic carbocycles. The lowest BCUT2D eigenvalue weighted by atomic mass is 9.73. The highest BCUT2D eigenvalue weighted by Crippen LogP contribution is 2.43. The fraction of sp³-hybridized carbons (Fsp3) is 0.745. The molecule has 0 saturated carbocycles. The van der Waals surface area contributed by atoms with E-state index in [0.717, 1.165) is 22.2 Å². The third-order valence-electron chi connectivity index (χ3n) is 13.3. The summed E-state index contributed by atoms with van der Waals surface area (Å²) >= 11 is 0. The minimum absolute atomic E-state index is 0.0743. The molecule has 346 valence electrons. The van der Waals surface area contributed by atoms with Crippen molar-refractivity contribution in [1.82, 2.24) is 24.3 Å². The third kappa shape index (κ3) is 9.81. The Morgan fingerprint density at radius 2 is 1.65 bits per heavy atom. The number of ketones is 2. The Bertz CT molecular complexity index is 2280. The second-order valence-electron chi connectivity index (χ2n) is 17.9. The third-order valence-corrected chi connectivity index (χ3v) is 13.3. The smallest absolute Gasteiger partial charge is 0.410 e. The molecule has 3 aliphatic rings. The molecule has 0 aromatic carbocycles. The van der Waals surface area contributed by atoms with E-state index in [1.165, 1.54) is 48.1 Å². The molecule has 0 spiro atoms. The van der Waals surface area contributed by atoms with E-state index in [-0.39, 0.29) is 36.4 Å². The van der Waals surface area contributed by atoms with Gasteiger partial charge >= 0.3 is 12.1 Å². The molecule has 62 heavy (non-hydrogen) atoms. The van der Waals surface area contributed by atoms with Crippen molar-refractivity contribution in [1.29, 1.82) is 0 Å². The molecule has 2 aromatic rings. The summed E-state index contributed by atoms with van der Waals surface area (Å²) in [5, 5.41) is 0. The summed E-state index contributed by atoms with van der Waals surface area (Å²) in [6, 6.07) is -0.224. The zero-order valence-corrected chi connectivity index (χ0v) is 39.0. The Kier molecular flexibility index (Phi) is 12.5. The number of likely N-dealkylation sites (N-methyl/N-ethyl adjacent to an activating group) is 1. The summed E-state index contributed by atoms with van der Waals surface area (Å²) in [4.78, 5) is 69.3. The molecule has 0 bridgehead atoms. The van der Waals surface area contributed by atoms with Crippen molar-refractivity contribution in [3.05, 3.63) is 35.5 Å². The number of imidazole rings is 1. The van der Waals surface area contributed by atoms with Gasteiger partial charge in [-0.15, -0.1) is 0 Å². The van der Waals surface area contributed by atoms with Crippen LogP contribution in [0.1, 0.15) is 115 Å². The van der Waals surface area contributed by atoms with Crippen LogP contribution in [0.5, 0.6) is 0 Å². The molecule has 5 heterocycles. The van der Waals surface area contributed by atoms with E-state index in [4.69, 9.17) is 31.2 Å². The number of hydrogen-bond acceptors (Lipinski definition) is 13. The van der Waals surface area contributed by atoms with E-state index in [0.29, 0.717) is 16.9 Å². The van der Waals surface area contributed by atoms with E-state index >= 15 is 4.79 Å². The number of methoxy groups -OCH3 is 2. The van der Waals surface area contributed by atoms with E-state index in [1.54, 1.807) is 40.7 Å². The molecular formula is C47H73N5O10. The number of rotatable bonds is 12. The summed E-state index contributed by atoms with van der Waals surface area (Å²) in [5.74, 6) is -7.28. The van der Waals surface area contributed by atoms with Gasteiger partial charge in [0.1, 0.15) is 23.9 Å². The maximum absolute atomic E-state index is 15.1. The average Bonchev–Trinajstić information content (AvgIpc) is 3.82. The van der Waals surface area contributed by atoms with Crippen molar-refractivity contribution >= 4 is 23.6 Å². The number of pyridine rings is 1. The lowest BCUT2D eigenvalue weighted by Crippen LogP contribution is -2.60. The standard InChI is InChI=1S/C47H73N5O10/c1-16-36-47(11)41(52(45(56)62-47)20-18-17-19-51-25-49-37(33(51)9)34-21-26(2)32(8)48-24-34)29(5)38(53)27(3)23-46(10,58-15)42(30(6)39(54)31(7)43(55)60-36)61-44-40(57-14)35(50(12)13)22-28(4)59-44/h21,24-25,27-31,35-36,40-42,44H,16-20,22-23H2,1-15H3/t27-,28-,29+,30+,31-,35+,36-,40-,41-,42-,44?,46-,47-/m1/s1/i17D2,18D2,19D2,20D2. The van der Waals surface area contributed by atoms with Gasteiger partial charge in [0.25, 0.3) is 0 Å². The van der Waals surface area contributed by atoms with Crippen LogP contribution in [0.3, 0.4) is 0 Å². The molecule has 1 amide bonds. The molecule has 3 fully saturated rings. The van der Waals surface area contributed by atoms with Gasteiger partial charge in [0.2, 0.25) is 0 Å². The molecule has 3 saturated heterocycles. The predicted octanol–water partition coefficient (Wildman–Crippen LogP) is 6.51. The van der Waals surface area contributed by atoms with E-state index in [9.17, 15) is 22.6 Å². The molecule has 3 aliphatic heterocycles. The topological polar surface area (TPSA) is 161 Å². The molecule has 1 unspecified atom stereocenters. The Morgan fingerprint density at radius 3 is 2.26 bits per heavy atom. The SMILES string of the molecule is [2H]C([2H])(N1C(=O)O[C@]2(C)[C@@H](CC)OC(=O)[C@H](C)C(=O)[C@H](C)[C@@H](OC3O[C@H](C)C[C@H](N(C)C)[C@H]3OC)[C@](C)(OC)C[C@@H](C)C(=O)[C@H](C)[C@@H]12)C([2H])([2H])C([2H])([2H])C([2H])([2H])n1cnc(-c2cnc(C)c(C)c2)c1C. The fourth-order valence-corrected chi connectivity index (χ4v) is 9.48. The zero-order valence-electron chi connectivity index (χ0n) is 47.0. The maximum Gasteiger partial charge on any atom is 0.410 e. The monoisotopic (exact) mass is 876 g/mol. The number of amides is 1. The van der Waals surface area contributed by atoms with Crippen LogP contribution in [-0.2, 0) is 49.3 Å². The maximum atomic E-state index is 15.1. The lowest BCUT2D eigenvalue weighted by molar-refractivity contribution is -0.299. The van der Waals surface area contributed by atoms with Crippen molar-refractivity contribution < 1.29 is 58.6 Å². The number of fused-ring (bicyclic) bond motifs is 1. The highest BCUT2D eigenvalue weighted by atomic mass is 16.7. The van der Waals surface area contributed by atoms with Crippen LogP contribution in [-0.4, -0.2) is 137 Å². The van der Waals surface area contributed by atoms with Crippen molar-refractivity contribution in [2.24, 2.45) is 23.7 Å². The van der Waals surface area contributed by atoms with Gasteiger partial charge in [0.05, 0.1) is 35.9 Å². The van der Waals surface area contributed by atoms with Gasteiger partial charge in [-0.1, -0.05) is 27.7 Å². The Hall–Kier alpha value is -3.76. The Balaban J connectivity index is 1.62. The molecule has 15 heteroatoms. The fourth-order valence-electron chi connectivity index (χ4n) is 9.48. The van der Waals surface area contributed by atoms with Crippen molar-refractivity contribution in [2.75, 3.05) is 34.8 Å². The van der Waals surface area contributed by atoms with E-state index in [1.807, 2.05) is 32.8 Å². The van der Waals surface area contributed by atoms with Crippen molar-refractivity contribution in [3.8, 4) is 11.3 Å². The second-order valence-corrected chi connectivity index (χ2v) is 17.9. The van der Waals surface area contributed by atoms with Crippen LogP contribution in [0.2, 0.25) is 0 Å². The number of Topliss-reactive ketones (excluding diaryl/α,β-unsaturated/α-hetero) is 2. The number of carbonyl (C=O) groups excluding carboxylic acids is 4. The van der Waals surface area contributed by atoms with Crippen molar-refractivity contribution in [2.45, 2.75) is 169 Å². The first kappa shape index (κ1) is 38.7. The molecule has 0 radical (unpaired) electrons. The normalized spacial score (nSPS) is 38.0. The highest BCUT2D eigenvalue weighted by Gasteiger charge is 2.60. The van der Waals surface area contributed by atoms with Gasteiger partial charge in [-0.05, 0) is 106 Å². The number of cyclic esters (lactones) is 1. The first-order chi connectivity index (χ1) is 32.1. The molecular weight excluding hydrogens is 795 g/mol. The molecule has 0 N–H and O–H groups in total. The Morgan fingerprint density at radius 1 is 0.968 bits per heavy atom. The average molecular weight is 876 g/mol. The van der Waals surface area contributed by atoms with Crippen LogP contribution in [0.25, 0.3) is 11.3 Å².